The SMILES string of the molecule is COCCOc1ncccc1C(=O)N(Cc1ccccc1F)C1CC1. The van der Waals surface area contributed by atoms with Crippen LogP contribution in [-0.2, 0) is 11.3 Å². The molecule has 132 valence electrons. The third-order valence-corrected chi connectivity index (χ3v) is 4.07. The molecule has 0 saturated heterocycles. The van der Waals surface area contributed by atoms with Gasteiger partial charge in [-0.25, -0.2) is 9.37 Å². The van der Waals surface area contributed by atoms with Gasteiger partial charge in [0, 0.05) is 31.5 Å². The zero-order chi connectivity index (χ0) is 17.6. The maximum Gasteiger partial charge on any atom is 0.259 e. The summed E-state index contributed by atoms with van der Waals surface area (Å²) in [6, 6.07) is 10.1. The number of amides is 1. The van der Waals surface area contributed by atoms with E-state index in [1.54, 1.807) is 48.5 Å². The lowest BCUT2D eigenvalue weighted by atomic mass is 10.1. The number of hydrogen-bond donors (Lipinski definition) is 0. The third kappa shape index (κ3) is 4.33. The molecule has 1 aliphatic carbocycles. The predicted octanol–water partition coefficient (Wildman–Crippen LogP) is 3.05. The van der Waals surface area contributed by atoms with Crippen LogP contribution in [0.3, 0.4) is 0 Å². The number of pyridine rings is 1. The highest BCUT2D eigenvalue weighted by atomic mass is 19.1. The van der Waals surface area contributed by atoms with Crippen molar-refractivity contribution in [2.75, 3.05) is 20.3 Å². The number of nitrogens with zero attached hydrogens (tertiary/aromatic N) is 2. The van der Waals surface area contributed by atoms with E-state index in [9.17, 15) is 9.18 Å². The molecule has 0 atom stereocenters. The van der Waals surface area contributed by atoms with Gasteiger partial charge in [-0.15, -0.1) is 0 Å². The molecule has 3 rings (SSSR count). The van der Waals surface area contributed by atoms with E-state index >= 15 is 0 Å². The molecule has 2 aromatic rings. The monoisotopic (exact) mass is 344 g/mol. The molecule has 1 saturated carbocycles. The van der Waals surface area contributed by atoms with Crippen LogP contribution in [0.1, 0.15) is 28.8 Å². The van der Waals surface area contributed by atoms with E-state index in [4.69, 9.17) is 9.47 Å². The van der Waals surface area contributed by atoms with Crippen molar-refractivity contribution in [1.82, 2.24) is 9.88 Å². The number of methoxy groups -OCH3 is 1. The molecule has 1 amide bonds. The minimum absolute atomic E-state index is 0.138. The zero-order valence-corrected chi connectivity index (χ0v) is 14.2. The van der Waals surface area contributed by atoms with Gasteiger partial charge < -0.3 is 14.4 Å². The van der Waals surface area contributed by atoms with Crippen molar-refractivity contribution in [3.63, 3.8) is 0 Å². The van der Waals surface area contributed by atoms with Crippen molar-refractivity contribution in [3.05, 3.63) is 59.5 Å². The van der Waals surface area contributed by atoms with E-state index in [1.807, 2.05) is 0 Å². The average molecular weight is 344 g/mol. The molecule has 1 aromatic carbocycles. The minimum atomic E-state index is -0.302. The van der Waals surface area contributed by atoms with E-state index in [0.717, 1.165) is 12.8 Å². The predicted molar refractivity (Wildman–Crippen MR) is 90.9 cm³/mol. The van der Waals surface area contributed by atoms with Gasteiger partial charge in [0.15, 0.2) is 0 Å². The first kappa shape index (κ1) is 17.4. The summed E-state index contributed by atoms with van der Waals surface area (Å²) in [5.41, 5.74) is 0.898. The fourth-order valence-electron chi connectivity index (χ4n) is 2.61. The van der Waals surface area contributed by atoms with Crippen molar-refractivity contribution in [2.45, 2.75) is 25.4 Å². The number of benzene rings is 1. The highest BCUT2D eigenvalue weighted by Crippen LogP contribution is 2.31. The molecule has 0 spiro atoms. The minimum Gasteiger partial charge on any atom is -0.475 e. The van der Waals surface area contributed by atoms with E-state index in [0.29, 0.717) is 24.3 Å². The maximum absolute atomic E-state index is 14.0. The van der Waals surface area contributed by atoms with Crippen molar-refractivity contribution in [3.8, 4) is 5.88 Å². The Bertz CT molecular complexity index is 734. The van der Waals surface area contributed by atoms with Crippen LogP contribution in [0.5, 0.6) is 5.88 Å². The van der Waals surface area contributed by atoms with Gasteiger partial charge in [0.05, 0.1) is 6.61 Å². The van der Waals surface area contributed by atoms with Crippen molar-refractivity contribution >= 4 is 5.91 Å². The largest absolute Gasteiger partial charge is 0.475 e. The quantitative estimate of drug-likeness (QED) is 0.691. The van der Waals surface area contributed by atoms with Gasteiger partial charge in [0.2, 0.25) is 5.88 Å². The van der Waals surface area contributed by atoms with Crippen molar-refractivity contribution in [2.24, 2.45) is 0 Å². The first-order valence-corrected chi connectivity index (χ1v) is 8.32. The average Bonchev–Trinajstić information content (AvgIpc) is 3.46. The Labute approximate surface area is 146 Å². The van der Waals surface area contributed by atoms with Crippen LogP contribution in [-0.4, -0.2) is 42.2 Å². The first-order chi connectivity index (χ1) is 12.2. The number of ether oxygens (including phenoxy) is 2. The van der Waals surface area contributed by atoms with Gasteiger partial charge in [0.25, 0.3) is 5.91 Å². The fraction of sp³-hybridized carbons (Fsp3) is 0.368. The molecule has 0 aliphatic heterocycles. The summed E-state index contributed by atoms with van der Waals surface area (Å²) in [7, 11) is 1.58. The number of halogens is 1. The summed E-state index contributed by atoms with van der Waals surface area (Å²) in [4.78, 5) is 18.9. The Kier molecular flexibility index (Phi) is 5.60. The second-order valence-electron chi connectivity index (χ2n) is 5.95. The lowest BCUT2D eigenvalue weighted by molar-refractivity contribution is 0.0719. The second kappa shape index (κ2) is 8.07. The molecular weight excluding hydrogens is 323 g/mol. The van der Waals surface area contributed by atoms with Crippen LogP contribution in [0, 0.1) is 5.82 Å². The maximum atomic E-state index is 14.0. The normalized spacial score (nSPS) is 13.5. The topological polar surface area (TPSA) is 51.7 Å². The van der Waals surface area contributed by atoms with Crippen LogP contribution < -0.4 is 4.74 Å². The van der Waals surface area contributed by atoms with Gasteiger partial charge in [-0.1, -0.05) is 18.2 Å². The van der Waals surface area contributed by atoms with Crippen LogP contribution in [0.15, 0.2) is 42.6 Å². The summed E-state index contributed by atoms with van der Waals surface area (Å²) in [6.45, 7) is 0.957. The molecule has 1 aromatic heterocycles. The third-order valence-electron chi connectivity index (χ3n) is 4.07. The van der Waals surface area contributed by atoms with E-state index in [-0.39, 0.29) is 30.2 Å². The van der Waals surface area contributed by atoms with Crippen molar-refractivity contribution < 1.29 is 18.7 Å². The van der Waals surface area contributed by atoms with Crippen molar-refractivity contribution in [1.29, 1.82) is 0 Å². The lowest BCUT2D eigenvalue weighted by Crippen LogP contribution is -2.33. The smallest absolute Gasteiger partial charge is 0.259 e. The van der Waals surface area contributed by atoms with Crippen LogP contribution in [0.25, 0.3) is 0 Å². The number of hydrogen-bond acceptors (Lipinski definition) is 4. The fourth-order valence-corrected chi connectivity index (χ4v) is 2.61. The highest BCUT2D eigenvalue weighted by molar-refractivity contribution is 5.96. The van der Waals surface area contributed by atoms with Crippen LogP contribution in [0.2, 0.25) is 0 Å². The first-order valence-electron chi connectivity index (χ1n) is 8.32. The van der Waals surface area contributed by atoms with E-state index in [2.05, 4.69) is 4.98 Å². The molecule has 0 radical (unpaired) electrons. The van der Waals surface area contributed by atoms with Gasteiger partial charge in [0.1, 0.15) is 18.0 Å². The Hall–Kier alpha value is -2.47. The summed E-state index contributed by atoms with van der Waals surface area (Å²) in [6.07, 6.45) is 3.44. The van der Waals surface area contributed by atoms with Crippen LogP contribution in [0.4, 0.5) is 4.39 Å². The lowest BCUT2D eigenvalue weighted by Gasteiger charge is -2.23. The molecule has 6 heteroatoms. The number of carbonyl (C=O) groups excluding carboxylic acids is 1. The Morgan fingerprint density at radius 2 is 2.04 bits per heavy atom. The molecular formula is C19H21FN2O3. The molecule has 0 N–H and O–H groups in total. The van der Waals surface area contributed by atoms with Gasteiger partial charge >= 0.3 is 0 Å². The summed E-state index contributed by atoms with van der Waals surface area (Å²) in [5.74, 6) is -0.210. The molecule has 0 unspecified atom stereocenters. The Balaban J connectivity index is 1.81. The van der Waals surface area contributed by atoms with E-state index < -0.39 is 0 Å². The molecule has 1 fully saturated rings. The Morgan fingerprint density at radius 3 is 2.76 bits per heavy atom. The standard InChI is InChI=1S/C19H21FN2O3/c1-24-11-12-25-18-16(6-4-10-21-18)19(23)22(15-8-9-15)13-14-5-2-3-7-17(14)20/h2-7,10,15H,8-9,11-13H2,1H3. The Morgan fingerprint density at radius 1 is 1.24 bits per heavy atom. The van der Waals surface area contributed by atoms with Crippen LogP contribution >= 0.6 is 0 Å². The summed E-state index contributed by atoms with van der Waals surface area (Å²) < 4.78 is 24.5. The highest BCUT2D eigenvalue weighted by Gasteiger charge is 2.34. The summed E-state index contributed by atoms with van der Waals surface area (Å²) in [5, 5.41) is 0. The summed E-state index contributed by atoms with van der Waals surface area (Å²) >= 11 is 0. The molecule has 0 bridgehead atoms. The molecule has 1 aliphatic rings. The zero-order valence-electron chi connectivity index (χ0n) is 14.2. The molecule has 25 heavy (non-hydrogen) atoms. The second-order valence-corrected chi connectivity index (χ2v) is 5.95. The van der Waals surface area contributed by atoms with Gasteiger partial charge in [-0.2, -0.15) is 0 Å². The number of rotatable bonds is 8. The number of carbonyl (C=O) groups is 1. The molecule has 5 nitrogen and oxygen atoms in total. The van der Waals surface area contributed by atoms with Gasteiger partial charge in [-0.3, -0.25) is 4.79 Å². The number of aromatic nitrogens is 1. The van der Waals surface area contributed by atoms with Gasteiger partial charge in [-0.05, 0) is 31.0 Å². The molecule has 1 heterocycles. The van der Waals surface area contributed by atoms with E-state index in [1.165, 1.54) is 6.07 Å².